The van der Waals surface area contributed by atoms with Gasteiger partial charge in [-0.2, -0.15) is 0 Å². The fourth-order valence-electron chi connectivity index (χ4n) is 2.76. The number of thiocarbonyl (C=S) groups is 1. The van der Waals surface area contributed by atoms with E-state index in [1.165, 1.54) is 28.8 Å². The molecule has 7 nitrogen and oxygen atoms in total. The highest BCUT2D eigenvalue weighted by atomic mass is 79.9. The van der Waals surface area contributed by atoms with Crippen LogP contribution in [-0.4, -0.2) is 38.6 Å². The van der Waals surface area contributed by atoms with Crippen LogP contribution in [0.1, 0.15) is 28.8 Å². The predicted octanol–water partition coefficient (Wildman–Crippen LogP) is 3.60. The molecule has 0 saturated carbocycles. The van der Waals surface area contributed by atoms with Gasteiger partial charge in [0.2, 0.25) is 5.91 Å². The summed E-state index contributed by atoms with van der Waals surface area (Å²) in [7, 11) is 0. The van der Waals surface area contributed by atoms with Crippen molar-refractivity contribution < 1.29 is 19.5 Å². The summed E-state index contributed by atoms with van der Waals surface area (Å²) in [6.07, 6.45) is 2.24. The van der Waals surface area contributed by atoms with E-state index in [4.69, 9.17) is 12.2 Å². The van der Waals surface area contributed by atoms with Crippen LogP contribution in [-0.2, 0) is 9.59 Å². The molecule has 160 valence electrons. The first-order chi connectivity index (χ1) is 14.8. The Morgan fingerprint density at radius 2 is 1.94 bits per heavy atom. The Kier molecular flexibility index (Phi) is 7.83. The maximum Gasteiger partial charge on any atom is 0.273 e. The molecule has 0 aliphatic carbocycles. The molecule has 3 amide bonds. The topological polar surface area (TPSA) is 98.7 Å². The number of nitrogens with one attached hydrogen (secondary N) is 2. The number of phenolic OH excluding ortho intramolecular Hbond substituents is 1. The molecule has 0 aromatic heterocycles. The number of aromatic hydroxyl groups is 1. The van der Waals surface area contributed by atoms with E-state index in [9.17, 15) is 19.5 Å². The van der Waals surface area contributed by atoms with Crippen LogP contribution in [0.5, 0.6) is 5.75 Å². The molecule has 2 aromatic rings. The highest BCUT2D eigenvalue weighted by molar-refractivity contribution is 9.10. The third kappa shape index (κ3) is 6.16. The van der Waals surface area contributed by atoms with Crippen LogP contribution in [0.3, 0.4) is 0 Å². The first-order valence-corrected chi connectivity index (χ1v) is 11.2. The molecular formula is C21H18BrN3O4S2. The number of hydrogen-bond donors (Lipinski definition) is 3. The van der Waals surface area contributed by atoms with Gasteiger partial charge < -0.3 is 5.11 Å². The predicted molar refractivity (Wildman–Crippen MR) is 127 cm³/mol. The van der Waals surface area contributed by atoms with E-state index in [2.05, 4.69) is 26.8 Å². The Labute approximate surface area is 197 Å². The van der Waals surface area contributed by atoms with E-state index in [1.807, 2.05) is 24.3 Å². The van der Waals surface area contributed by atoms with Crippen molar-refractivity contribution in [1.82, 2.24) is 15.8 Å². The Morgan fingerprint density at radius 1 is 1.16 bits per heavy atom. The lowest BCUT2D eigenvalue weighted by Crippen LogP contribution is -2.42. The Morgan fingerprint density at radius 3 is 2.68 bits per heavy atom. The highest BCUT2D eigenvalue weighted by Crippen LogP contribution is 2.33. The van der Waals surface area contributed by atoms with Crippen molar-refractivity contribution in [3.63, 3.8) is 0 Å². The molecule has 10 heteroatoms. The minimum Gasteiger partial charge on any atom is -0.507 e. The molecule has 2 aromatic carbocycles. The number of benzene rings is 2. The zero-order valence-electron chi connectivity index (χ0n) is 16.1. The number of rotatable bonds is 6. The molecular weight excluding hydrogens is 502 g/mol. The van der Waals surface area contributed by atoms with Gasteiger partial charge in [-0.3, -0.25) is 30.1 Å². The van der Waals surface area contributed by atoms with E-state index in [0.29, 0.717) is 22.2 Å². The SMILES string of the molecule is O=C(CCCN1C(=O)/C(=C/c2cccc(Br)c2)SC1=S)NNC(=O)c1ccccc1O. The number of amides is 3. The third-order valence-corrected chi connectivity index (χ3v) is 6.14. The summed E-state index contributed by atoms with van der Waals surface area (Å²) in [6, 6.07) is 13.6. The first kappa shape index (κ1) is 23.0. The Balaban J connectivity index is 1.47. The highest BCUT2D eigenvalue weighted by Gasteiger charge is 2.31. The quantitative estimate of drug-likeness (QED) is 0.306. The van der Waals surface area contributed by atoms with E-state index < -0.39 is 11.8 Å². The van der Waals surface area contributed by atoms with Crippen molar-refractivity contribution in [2.75, 3.05) is 6.54 Å². The summed E-state index contributed by atoms with van der Waals surface area (Å²) in [6.45, 7) is 0.293. The van der Waals surface area contributed by atoms with Crippen LogP contribution >= 0.6 is 39.9 Å². The molecule has 3 rings (SSSR count). The average molecular weight is 520 g/mol. The van der Waals surface area contributed by atoms with Gasteiger partial charge in [-0.15, -0.1) is 0 Å². The zero-order chi connectivity index (χ0) is 22.4. The fraction of sp³-hybridized carbons (Fsp3) is 0.143. The Hall–Kier alpha value is -2.69. The number of phenols is 1. The summed E-state index contributed by atoms with van der Waals surface area (Å²) >= 11 is 9.93. The van der Waals surface area contributed by atoms with Gasteiger partial charge in [0.1, 0.15) is 10.1 Å². The molecule has 31 heavy (non-hydrogen) atoms. The van der Waals surface area contributed by atoms with Crippen LogP contribution in [0.15, 0.2) is 57.9 Å². The van der Waals surface area contributed by atoms with Crippen molar-refractivity contribution in [3.05, 3.63) is 69.0 Å². The number of carbonyl (C=O) groups is 3. The largest absolute Gasteiger partial charge is 0.507 e. The first-order valence-electron chi connectivity index (χ1n) is 9.23. The van der Waals surface area contributed by atoms with Gasteiger partial charge in [0.05, 0.1) is 10.5 Å². The maximum atomic E-state index is 12.6. The van der Waals surface area contributed by atoms with Crippen LogP contribution in [0, 0.1) is 0 Å². The summed E-state index contributed by atoms with van der Waals surface area (Å²) in [5.74, 6) is -1.41. The molecule has 0 radical (unpaired) electrons. The van der Waals surface area contributed by atoms with Gasteiger partial charge in [-0.25, -0.2) is 0 Å². The molecule has 1 fully saturated rings. The van der Waals surface area contributed by atoms with Gasteiger partial charge in [0.15, 0.2) is 0 Å². The van der Waals surface area contributed by atoms with Crippen LogP contribution in [0.4, 0.5) is 0 Å². The summed E-state index contributed by atoms with van der Waals surface area (Å²) in [5.41, 5.74) is 5.49. The molecule has 0 atom stereocenters. The van der Waals surface area contributed by atoms with Gasteiger partial charge >= 0.3 is 0 Å². The summed E-state index contributed by atoms with van der Waals surface area (Å²) in [5, 5.41) is 9.65. The Bertz CT molecular complexity index is 1070. The molecule has 1 heterocycles. The number of carbonyl (C=O) groups excluding carboxylic acids is 3. The van der Waals surface area contributed by atoms with Crippen molar-refractivity contribution in [1.29, 1.82) is 0 Å². The molecule has 0 spiro atoms. The molecule has 3 N–H and O–H groups in total. The van der Waals surface area contributed by atoms with Crippen molar-refractivity contribution in [2.24, 2.45) is 0 Å². The minimum absolute atomic E-state index is 0.0533. The normalized spacial score (nSPS) is 14.7. The number of nitrogens with zero attached hydrogens (tertiary/aromatic N) is 1. The molecule has 0 unspecified atom stereocenters. The number of halogens is 1. The van der Waals surface area contributed by atoms with Gasteiger partial charge in [-0.1, -0.05) is 64.2 Å². The monoisotopic (exact) mass is 519 g/mol. The maximum absolute atomic E-state index is 12.6. The second kappa shape index (κ2) is 10.6. The molecule has 1 aliphatic heterocycles. The lowest BCUT2D eigenvalue weighted by atomic mass is 10.2. The molecule has 1 aliphatic rings. The zero-order valence-corrected chi connectivity index (χ0v) is 19.4. The fourth-order valence-corrected chi connectivity index (χ4v) is 4.49. The number of para-hydroxylation sites is 1. The van der Waals surface area contributed by atoms with Crippen LogP contribution < -0.4 is 10.9 Å². The van der Waals surface area contributed by atoms with E-state index >= 15 is 0 Å². The molecule has 0 bridgehead atoms. The minimum atomic E-state index is -0.624. The summed E-state index contributed by atoms with van der Waals surface area (Å²) in [4.78, 5) is 38.6. The van der Waals surface area contributed by atoms with E-state index in [-0.39, 0.29) is 23.6 Å². The van der Waals surface area contributed by atoms with Gasteiger partial charge in [0, 0.05) is 17.4 Å². The number of hydrazine groups is 1. The lowest BCUT2D eigenvalue weighted by molar-refractivity contribution is -0.124. The number of thioether (sulfide) groups is 1. The van der Waals surface area contributed by atoms with E-state index in [1.54, 1.807) is 18.2 Å². The van der Waals surface area contributed by atoms with Crippen LogP contribution in [0.2, 0.25) is 0 Å². The van der Waals surface area contributed by atoms with Crippen molar-refractivity contribution in [2.45, 2.75) is 12.8 Å². The second-order valence-corrected chi connectivity index (χ2v) is 9.10. The van der Waals surface area contributed by atoms with Crippen molar-refractivity contribution >= 4 is 68.0 Å². The van der Waals surface area contributed by atoms with E-state index in [0.717, 1.165) is 10.0 Å². The number of hydrogen-bond acceptors (Lipinski definition) is 6. The average Bonchev–Trinajstić information content (AvgIpc) is 2.99. The lowest BCUT2D eigenvalue weighted by Gasteiger charge is -2.14. The van der Waals surface area contributed by atoms with Crippen molar-refractivity contribution in [3.8, 4) is 5.75 Å². The molecule has 1 saturated heterocycles. The van der Waals surface area contributed by atoms with Gasteiger partial charge in [0.25, 0.3) is 11.8 Å². The summed E-state index contributed by atoms with van der Waals surface area (Å²) < 4.78 is 1.36. The van der Waals surface area contributed by atoms with Crippen LogP contribution in [0.25, 0.3) is 6.08 Å². The second-order valence-electron chi connectivity index (χ2n) is 6.51. The third-order valence-electron chi connectivity index (χ3n) is 4.27. The van der Waals surface area contributed by atoms with Gasteiger partial charge in [-0.05, 0) is 42.3 Å². The standard InChI is InChI=1S/C21H18BrN3O4S2/c22-14-6-3-5-13(11-14)12-17-20(29)25(21(30)31-17)10-4-9-18(27)23-24-19(28)15-7-1-2-8-16(15)26/h1-3,5-8,11-12,26H,4,9-10H2,(H,23,27)(H,24,28)/b17-12-. The smallest absolute Gasteiger partial charge is 0.273 e.